The van der Waals surface area contributed by atoms with E-state index in [1.54, 1.807) is 30.5 Å². The van der Waals surface area contributed by atoms with Gasteiger partial charge in [-0.25, -0.2) is 13.8 Å². The summed E-state index contributed by atoms with van der Waals surface area (Å²) in [4.78, 5) is 24.0. The van der Waals surface area contributed by atoms with E-state index in [0.717, 1.165) is 49.3 Å². The van der Waals surface area contributed by atoms with Crippen molar-refractivity contribution in [2.24, 2.45) is 4.99 Å². The lowest BCUT2D eigenvalue weighted by Crippen LogP contribution is -2.46. The van der Waals surface area contributed by atoms with Crippen molar-refractivity contribution in [2.75, 3.05) is 32.1 Å². The molecule has 1 atom stereocenters. The SMILES string of the molecule is C=N/C=C\C(=C/C)c1n[nH]c(C2(Nc3cccc(C(=O)NC4COc5cc(F)cc(F)c54)c3)CCN(C)CC2)n1. The van der Waals surface area contributed by atoms with Crippen LogP contribution in [0, 0.1) is 11.6 Å². The fraction of sp³-hybridized carbons (Fsp3) is 0.310. The van der Waals surface area contributed by atoms with E-state index in [4.69, 9.17) is 9.72 Å². The Balaban J connectivity index is 1.38. The molecule has 1 saturated heterocycles. The molecule has 3 N–H and O–H groups in total. The molecule has 40 heavy (non-hydrogen) atoms. The van der Waals surface area contributed by atoms with Gasteiger partial charge in [-0.3, -0.25) is 14.9 Å². The highest BCUT2D eigenvalue weighted by atomic mass is 19.1. The van der Waals surface area contributed by atoms with E-state index in [1.165, 1.54) is 0 Å². The molecule has 1 amide bonds. The van der Waals surface area contributed by atoms with Gasteiger partial charge in [0.25, 0.3) is 5.91 Å². The number of aromatic nitrogens is 3. The molecule has 3 heterocycles. The third-order valence-electron chi connectivity index (χ3n) is 7.33. The number of halogens is 2. The number of hydrogen-bond acceptors (Lipinski definition) is 7. The summed E-state index contributed by atoms with van der Waals surface area (Å²) in [5.74, 6) is -0.513. The van der Waals surface area contributed by atoms with Crippen LogP contribution in [0.4, 0.5) is 14.5 Å². The number of hydrogen-bond donors (Lipinski definition) is 3. The number of amides is 1. The number of piperidine rings is 1. The summed E-state index contributed by atoms with van der Waals surface area (Å²) >= 11 is 0. The summed E-state index contributed by atoms with van der Waals surface area (Å²) in [5, 5.41) is 14.0. The second kappa shape index (κ2) is 11.4. The van der Waals surface area contributed by atoms with Gasteiger partial charge in [-0.2, -0.15) is 5.10 Å². The predicted molar refractivity (Wildman–Crippen MR) is 149 cm³/mol. The van der Waals surface area contributed by atoms with E-state index < -0.39 is 29.1 Å². The third-order valence-corrected chi connectivity index (χ3v) is 7.33. The van der Waals surface area contributed by atoms with Crippen LogP contribution in [0.3, 0.4) is 0 Å². The number of nitrogens with zero attached hydrogens (tertiary/aromatic N) is 4. The Morgan fingerprint density at radius 2 is 2.08 bits per heavy atom. The average Bonchev–Trinajstić information content (AvgIpc) is 3.59. The summed E-state index contributed by atoms with van der Waals surface area (Å²) in [6, 6.07) is 8.30. The van der Waals surface area contributed by atoms with Crippen molar-refractivity contribution in [3.8, 4) is 5.75 Å². The highest BCUT2D eigenvalue weighted by Crippen LogP contribution is 2.37. The van der Waals surface area contributed by atoms with Gasteiger partial charge in [-0.1, -0.05) is 12.1 Å². The molecule has 2 aromatic carbocycles. The maximum atomic E-state index is 14.4. The van der Waals surface area contributed by atoms with E-state index in [2.05, 4.69) is 44.5 Å². The predicted octanol–water partition coefficient (Wildman–Crippen LogP) is 4.60. The molecule has 1 aromatic heterocycles. The van der Waals surface area contributed by atoms with Gasteiger partial charge >= 0.3 is 0 Å². The molecule has 208 valence electrons. The Morgan fingerprint density at radius 1 is 1.27 bits per heavy atom. The number of allylic oxidation sites excluding steroid dienone is 3. The highest BCUT2D eigenvalue weighted by Gasteiger charge is 2.39. The normalized spacial score (nSPS) is 18.8. The van der Waals surface area contributed by atoms with Gasteiger partial charge in [0.15, 0.2) is 11.6 Å². The minimum Gasteiger partial charge on any atom is -0.490 e. The fourth-order valence-electron chi connectivity index (χ4n) is 5.10. The molecule has 9 nitrogen and oxygen atoms in total. The number of aliphatic imine (C=N–C) groups is 1. The van der Waals surface area contributed by atoms with Crippen molar-refractivity contribution in [1.29, 1.82) is 0 Å². The van der Waals surface area contributed by atoms with Crippen LogP contribution in [0.5, 0.6) is 5.75 Å². The highest BCUT2D eigenvalue weighted by molar-refractivity contribution is 5.95. The first-order valence-corrected chi connectivity index (χ1v) is 13.0. The molecular weight excluding hydrogens is 516 g/mol. The average molecular weight is 548 g/mol. The number of ether oxygens (including phenoxy) is 1. The van der Waals surface area contributed by atoms with Gasteiger partial charge in [0, 0.05) is 48.2 Å². The number of carbonyl (C=O) groups excluding carboxylic acids is 1. The molecule has 0 bridgehead atoms. The van der Waals surface area contributed by atoms with E-state index >= 15 is 0 Å². The summed E-state index contributed by atoms with van der Waals surface area (Å²) in [6.45, 7) is 7.09. The lowest BCUT2D eigenvalue weighted by molar-refractivity contribution is 0.0930. The van der Waals surface area contributed by atoms with Gasteiger partial charge in [-0.05, 0) is 57.8 Å². The van der Waals surface area contributed by atoms with Crippen molar-refractivity contribution >= 4 is 23.9 Å². The van der Waals surface area contributed by atoms with Crippen molar-refractivity contribution < 1.29 is 18.3 Å². The second-order valence-corrected chi connectivity index (χ2v) is 9.98. The van der Waals surface area contributed by atoms with Crippen LogP contribution in [0.15, 0.2) is 59.7 Å². The van der Waals surface area contributed by atoms with Crippen molar-refractivity contribution in [3.05, 3.63) is 89.2 Å². The monoisotopic (exact) mass is 547 g/mol. The number of fused-ring (bicyclic) bond motifs is 1. The molecule has 1 fully saturated rings. The zero-order valence-electron chi connectivity index (χ0n) is 22.4. The lowest BCUT2D eigenvalue weighted by Gasteiger charge is -2.40. The van der Waals surface area contributed by atoms with Crippen LogP contribution in [0.2, 0.25) is 0 Å². The van der Waals surface area contributed by atoms with Gasteiger partial charge in [0.2, 0.25) is 0 Å². The second-order valence-electron chi connectivity index (χ2n) is 9.98. The molecule has 3 aromatic rings. The Hall–Kier alpha value is -4.38. The lowest BCUT2D eigenvalue weighted by atomic mass is 9.86. The fourth-order valence-corrected chi connectivity index (χ4v) is 5.10. The van der Waals surface area contributed by atoms with Crippen LogP contribution >= 0.6 is 0 Å². The van der Waals surface area contributed by atoms with Crippen LogP contribution in [-0.2, 0) is 5.54 Å². The Bertz CT molecular complexity index is 1470. The van der Waals surface area contributed by atoms with E-state index in [9.17, 15) is 13.6 Å². The quantitative estimate of drug-likeness (QED) is 0.281. The van der Waals surface area contributed by atoms with Crippen LogP contribution in [0.25, 0.3) is 5.57 Å². The summed E-state index contributed by atoms with van der Waals surface area (Å²) in [5.41, 5.74) is 1.54. The smallest absolute Gasteiger partial charge is 0.251 e. The molecular formula is C29H31F2N7O2. The van der Waals surface area contributed by atoms with Crippen LogP contribution in [0.1, 0.15) is 53.4 Å². The molecule has 1 unspecified atom stereocenters. The molecule has 0 saturated carbocycles. The molecule has 2 aliphatic heterocycles. The summed E-state index contributed by atoms with van der Waals surface area (Å²) in [6.07, 6.45) is 6.81. The minimum atomic E-state index is -0.749. The largest absolute Gasteiger partial charge is 0.490 e. The summed E-state index contributed by atoms with van der Waals surface area (Å²) < 4.78 is 33.4. The molecule has 5 rings (SSSR count). The van der Waals surface area contributed by atoms with E-state index in [-0.39, 0.29) is 17.9 Å². The van der Waals surface area contributed by atoms with Crippen molar-refractivity contribution in [3.63, 3.8) is 0 Å². The molecule has 0 spiro atoms. The number of nitrogens with one attached hydrogen (secondary N) is 3. The number of likely N-dealkylation sites (tertiary alicyclic amines) is 1. The van der Waals surface area contributed by atoms with Gasteiger partial charge < -0.3 is 20.3 Å². The van der Waals surface area contributed by atoms with Crippen LogP contribution in [-0.4, -0.2) is 59.5 Å². The zero-order valence-corrected chi connectivity index (χ0v) is 22.4. The van der Waals surface area contributed by atoms with Gasteiger partial charge in [0.05, 0.1) is 17.1 Å². The van der Waals surface area contributed by atoms with Gasteiger partial charge in [-0.15, -0.1) is 0 Å². The van der Waals surface area contributed by atoms with Crippen molar-refractivity contribution in [2.45, 2.75) is 31.3 Å². The first-order valence-electron chi connectivity index (χ1n) is 13.0. The third kappa shape index (κ3) is 5.50. The number of aromatic amines is 1. The first-order chi connectivity index (χ1) is 19.3. The molecule has 11 heteroatoms. The van der Waals surface area contributed by atoms with E-state index in [0.29, 0.717) is 17.2 Å². The number of H-pyrrole nitrogens is 1. The zero-order chi connectivity index (χ0) is 28.3. The Morgan fingerprint density at radius 3 is 2.83 bits per heavy atom. The standard InChI is InChI=1S/C29H31F2N7O2/c1-4-18(8-11-32-2)26-34-28(37-36-26)29(9-12-38(3)13-10-29)35-21-7-5-6-19(14-21)27(39)33-23-17-40-24-16-20(30)15-22(31)25(23)24/h4-8,11,14-16,23,35H,2,9-10,12-13,17H2,1,3H3,(H,33,39)(H,34,36,37)/b11-8-,18-4+. The molecule has 0 radical (unpaired) electrons. The topological polar surface area (TPSA) is 108 Å². The maximum Gasteiger partial charge on any atom is 0.251 e. The number of benzene rings is 2. The summed E-state index contributed by atoms with van der Waals surface area (Å²) in [7, 11) is 2.08. The number of carbonyl (C=O) groups is 1. The van der Waals surface area contributed by atoms with E-state index in [1.807, 2.05) is 19.1 Å². The number of rotatable bonds is 8. The van der Waals surface area contributed by atoms with Crippen LogP contribution < -0.4 is 15.4 Å². The first kappa shape index (κ1) is 27.2. The Labute approximate surface area is 231 Å². The Kier molecular flexibility index (Phi) is 7.74. The minimum absolute atomic E-state index is 0.0239. The van der Waals surface area contributed by atoms with Crippen molar-refractivity contribution in [1.82, 2.24) is 25.4 Å². The maximum absolute atomic E-state index is 14.4. The van der Waals surface area contributed by atoms with Gasteiger partial charge in [0.1, 0.15) is 24.0 Å². The molecule has 0 aliphatic carbocycles. The number of anilines is 1. The molecule has 2 aliphatic rings.